The highest BCUT2D eigenvalue weighted by Gasteiger charge is 2.31. The number of hydrogen-bond acceptors (Lipinski definition) is 2. The van der Waals surface area contributed by atoms with Gasteiger partial charge in [-0.15, -0.1) is 0 Å². The molecule has 0 aliphatic heterocycles. The first-order chi connectivity index (χ1) is 17.0. The zero-order chi connectivity index (χ0) is 24.7. The highest BCUT2D eigenvalue weighted by molar-refractivity contribution is 7.49. The maximum atomic E-state index is 11.9. The van der Waals surface area contributed by atoms with Gasteiger partial charge in [0, 0.05) is 22.7 Å². The van der Waals surface area contributed by atoms with Crippen LogP contribution >= 0.6 is 8.58 Å². The van der Waals surface area contributed by atoms with Crippen molar-refractivity contribution in [1.82, 2.24) is 0 Å². The Kier molecular flexibility index (Phi) is 8.16. The molecule has 0 bridgehead atoms. The molecule has 4 rings (SSSR count). The van der Waals surface area contributed by atoms with Gasteiger partial charge >= 0.3 is 0 Å². The molecule has 0 saturated carbocycles. The molecule has 3 heteroatoms. The van der Waals surface area contributed by atoms with Crippen LogP contribution in [0.4, 0.5) is 0 Å². The van der Waals surface area contributed by atoms with Crippen LogP contribution in [0, 0.1) is 6.92 Å². The fraction of sp³-hybridized carbons (Fsp3) is 0.219. The summed E-state index contributed by atoms with van der Waals surface area (Å²) >= 11 is 0. The Morgan fingerprint density at radius 1 is 0.829 bits per heavy atom. The molecule has 0 aliphatic carbocycles. The van der Waals surface area contributed by atoms with E-state index in [0.29, 0.717) is 15.2 Å². The Hall–Kier alpha value is -3.22. The number of carbonyl (C=O) groups is 1. The summed E-state index contributed by atoms with van der Waals surface area (Å²) in [5.74, 6) is 0.971. The minimum absolute atomic E-state index is 0.164. The summed E-state index contributed by atoms with van der Waals surface area (Å²) in [6, 6.07) is 33.4. The molecule has 2 atom stereocenters. The van der Waals surface area contributed by atoms with Crippen molar-refractivity contribution in [2.24, 2.45) is 0 Å². The van der Waals surface area contributed by atoms with Crippen LogP contribution in [0.5, 0.6) is 5.75 Å². The van der Waals surface area contributed by atoms with Crippen molar-refractivity contribution in [3.8, 4) is 5.75 Å². The largest absolute Gasteiger partial charge is 0.488 e. The van der Waals surface area contributed by atoms with E-state index in [0.717, 1.165) is 41.3 Å². The third-order valence-corrected chi connectivity index (χ3v) is 8.80. The maximum absolute atomic E-state index is 11.9. The van der Waals surface area contributed by atoms with Crippen LogP contribution < -0.4 is 10.0 Å². The van der Waals surface area contributed by atoms with Gasteiger partial charge in [0.15, 0.2) is 6.29 Å². The van der Waals surface area contributed by atoms with Gasteiger partial charge in [0.05, 0.1) is 0 Å². The minimum atomic E-state index is -0.164. The van der Waals surface area contributed by atoms with Gasteiger partial charge in [0.1, 0.15) is 12.4 Å². The lowest BCUT2D eigenvalue weighted by Gasteiger charge is -2.33. The smallest absolute Gasteiger partial charge is 0.150 e. The van der Waals surface area contributed by atoms with E-state index >= 15 is 0 Å². The molecule has 35 heavy (non-hydrogen) atoms. The summed E-state index contributed by atoms with van der Waals surface area (Å²) in [7, 11) is 0.451. The number of aryl methyl sites for hydroxylation is 1. The van der Waals surface area contributed by atoms with Crippen LogP contribution in [0.3, 0.4) is 0 Å². The van der Waals surface area contributed by atoms with Crippen LogP contribution in [0.1, 0.15) is 58.4 Å². The van der Waals surface area contributed by atoms with Gasteiger partial charge < -0.3 is 4.74 Å². The van der Waals surface area contributed by atoms with Gasteiger partial charge in [-0.05, 0) is 40.9 Å². The molecular formula is C32H33O2P. The van der Waals surface area contributed by atoms with E-state index in [2.05, 4.69) is 87.5 Å². The Balaban J connectivity index is 1.78. The average Bonchev–Trinajstić information content (AvgIpc) is 2.90. The van der Waals surface area contributed by atoms with Gasteiger partial charge in [-0.3, -0.25) is 4.79 Å². The summed E-state index contributed by atoms with van der Waals surface area (Å²) in [6.07, 6.45) is 2.74. The predicted molar refractivity (Wildman–Crippen MR) is 149 cm³/mol. The van der Waals surface area contributed by atoms with Gasteiger partial charge in [-0.1, -0.05) is 119 Å². The highest BCUT2D eigenvalue weighted by Crippen LogP contribution is 2.49. The first-order valence-corrected chi connectivity index (χ1v) is 13.2. The van der Waals surface area contributed by atoms with Crippen LogP contribution in [0.2, 0.25) is 0 Å². The van der Waals surface area contributed by atoms with Gasteiger partial charge in [0.2, 0.25) is 0 Å². The summed E-state index contributed by atoms with van der Waals surface area (Å²) < 4.78 is 6.63. The van der Waals surface area contributed by atoms with E-state index in [1.807, 2.05) is 30.3 Å². The van der Waals surface area contributed by atoms with E-state index in [-0.39, 0.29) is 5.16 Å². The Labute approximate surface area is 211 Å². The molecule has 4 aromatic rings. The fourth-order valence-electron chi connectivity index (χ4n) is 4.46. The summed E-state index contributed by atoms with van der Waals surface area (Å²) in [4.78, 5) is 11.9. The molecule has 0 radical (unpaired) electrons. The van der Waals surface area contributed by atoms with Crippen molar-refractivity contribution in [3.05, 3.63) is 130 Å². The van der Waals surface area contributed by atoms with E-state index in [1.165, 1.54) is 22.3 Å². The second kappa shape index (κ2) is 11.5. The number of ether oxygens (including phenoxy) is 1. The lowest BCUT2D eigenvalue weighted by atomic mass is 9.92. The van der Waals surface area contributed by atoms with Crippen LogP contribution in [0.15, 0.2) is 97.1 Å². The first kappa shape index (κ1) is 24.9. The lowest BCUT2D eigenvalue weighted by molar-refractivity contribution is 0.112. The van der Waals surface area contributed by atoms with Crippen molar-refractivity contribution in [2.45, 2.75) is 45.4 Å². The lowest BCUT2D eigenvalue weighted by Crippen LogP contribution is -2.23. The Morgan fingerprint density at radius 2 is 1.49 bits per heavy atom. The molecule has 0 aliphatic rings. The molecular weight excluding hydrogens is 447 g/mol. The molecule has 0 fully saturated rings. The highest BCUT2D eigenvalue weighted by atomic mass is 31.1. The van der Waals surface area contributed by atoms with Crippen molar-refractivity contribution >= 4 is 20.2 Å². The summed E-state index contributed by atoms with van der Waals surface area (Å²) in [6.45, 7) is 7.16. The molecule has 2 unspecified atom stereocenters. The number of para-hydroxylation sites is 1. The van der Waals surface area contributed by atoms with E-state index in [9.17, 15) is 4.79 Å². The van der Waals surface area contributed by atoms with E-state index < -0.39 is 0 Å². The molecule has 0 spiro atoms. The molecule has 0 heterocycles. The SMILES string of the molecule is CCC(C)(Pc1c(C)cccc1C=O)c1cccc(Cc2ccccc2)c1OCc1ccccc1. The molecule has 0 aromatic heterocycles. The molecule has 0 saturated heterocycles. The zero-order valence-electron chi connectivity index (χ0n) is 20.8. The number of carbonyl (C=O) groups excluding carboxylic acids is 1. The number of aldehydes is 1. The normalized spacial score (nSPS) is 13.0. The summed E-state index contributed by atoms with van der Waals surface area (Å²) in [5, 5.41) is 0.983. The standard InChI is InChI=1S/C32H33O2P/c1-4-32(3,35-31-24(2)13-11-19-28(31)22-33)29-20-12-18-27(21-25-14-7-5-8-15-25)30(29)34-23-26-16-9-6-10-17-26/h5-20,22,35H,4,21,23H2,1-3H3. The topological polar surface area (TPSA) is 26.3 Å². The van der Waals surface area contributed by atoms with Gasteiger partial charge in [-0.2, -0.15) is 0 Å². The van der Waals surface area contributed by atoms with Crippen molar-refractivity contribution in [2.75, 3.05) is 0 Å². The fourth-order valence-corrected chi connectivity index (χ4v) is 6.08. The van der Waals surface area contributed by atoms with Crippen LogP contribution in [0.25, 0.3) is 0 Å². The predicted octanol–water partition coefficient (Wildman–Crippen LogP) is 7.61. The summed E-state index contributed by atoms with van der Waals surface area (Å²) in [5.41, 5.74) is 6.76. The van der Waals surface area contributed by atoms with Crippen molar-refractivity contribution in [1.29, 1.82) is 0 Å². The molecule has 2 nitrogen and oxygen atoms in total. The maximum Gasteiger partial charge on any atom is 0.150 e. The third kappa shape index (κ3) is 5.89. The van der Waals surface area contributed by atoms with E-state index in [1.54, 1.807) is 0 Å². The quantitative estimate of drug-likeness (QED) is 0.172. The number of benzene rings is 4. The molecule has 4 aromatic carbocycles. The number of rotatable bonds is 10. The zero-order valence-corrected chi connectivity index (χ0v) is 21.8. The molecule has 0 amide bonds. The van der Waals surface area contributed by atoms with Crippen molar-refractivity contribution < 1.29 is 9.53 Å². The van der Waals surface area contributed by atoms with E-state index in [4.69, 9.17) is 4.74 Å². The van der Waals surface area contributed by atoms with Gasteiger partial charge in [0.25, 0.3) is 0 Å². The van der Waals surface area contributed by atoms with Crippen LogP contribution in [-0.2, 0) is 18.2 Å². The molecule has 0 N–H and O–H groups in total. The molecule has 178 valence electrons. The minimum Gasteiger partial charge on any atom is -0.488 e. The monoisotopic (exact) mass is 480 g/mol. The second-order valence-corrected chi connectivity index (χ2v) is 11.1. The first-order valence-electron chi connectivity index (χ1n) is 12.2. The van der Waals surface area contributed by atoms with Gasteiger partial charge in [-0.25, -0.2) is 0 Å². The Bertz CT molecular complexity index is 1270. The van der Waals surface area contributed by atoms with Crippen LogP contribution in [-0.4, -0.2) is 6.29 Å². The Morgan fingerprint density at radius 3 is 2.14 bits per heavy atom. The third-order valence-electron chi connectivity index (χ3n) is 6.69. The van der Waals surface area contributed by atoms with Crippen molar-refractivity contribution in [3.63, 3.8) is 0 Å². The number of hydrogen-bond donors (Lipinski definition) is 0. The second-order valence-electron chi connectivity index (χ2n) is 9.20. The average molecular weight is 481 g/mol.